The minimum absolute atomic E-state index is 0.458. The first-order valence-electron chi connectivity index (χ1n) is 6.32. The number of para-hydroxylation sites is 1. The van der Waals surface area contributed by atoms with Gasteiger partial charge in [-0.2, -0.15) is 14.5 Å². The van der Waals surface area contributed by atoms with Crippen molar-refractivity contribution in [1.82, 2.24) is 24.5 Å². The third kappa shape index (κ3) is 2.93. The molecular weight excluding hydrogens is 304 g/mol. The molecule has 0 saturated heterocycles. The van der Waals surface area contributed by atoms with E-state index in [9.17, 15) is 0 Å². The lowest BCUT2D eigenvalue weighted by Crippen LogP contribution is -2.08. The molecule has 1 aromatic carbocycles. The van der Waals surface area contributed by atoms with Crippen LogP contribution in [0.25, 0.3) is 0 Å². The third-order valence-corrected chi connectivity index (χ3v) is 3.36. The van der Waals surface area contributed by atoms with E-state index in [1.54, 1.807) is 0 Å². The molecule has 0 aliphatic heterocycles. The van der Waals surface area contributed by atoms with E-state index in [1.165, 1.54) is 25.0 Å². The zero-order valence-electron chi connectivity index (χ0n) is 11.8. The van der Waals surface area contributed by atoms with Gasteiger partial charge in [-0.1, -0.05) is 17.3 Å². The van der Waals surface area contributed by atoms with E-state index in [2.05, 4.69) is 29.7 Å². The fourth-order valence-corrected chi connectivity index (χ4v) is 2.35. The van der Waals surface area contributed by atoms with E-state index in [-0.39, 0.29) is 0 Å². The van der Waals surface area contributed by atoms with Crippen LogP contribution in [0.15, 0.2) is 35.7 Å². The molecule has 0 aliphatic rings. The predicted octanol–water partition coefficient (Wildman–Crippen LogP) is 2.16. The minimum Gasteiger partial charge on any atom is -0.429 e. The number of aromatic nitrogens is 5. The van der Waals surface area contributed by atoms with Gasteiger partial charge >= 0.3 is 0 Å². The highest BCUT2D eigenvalue weighted by Gasteiger charge is 2.17. The number of aromatic amines is 1. The largest absolute Gasteiger partial charge is 0.429 e. The topological polar surface area (TPSA) is 98.2 Å². The lowest BCUT2D eigenvalue weighted by atomic mass is 10.1. The summed E-state index contributed by atoms with van der Waals surface area (Å²) >= 11 is 1.19. The maximum absolute atomic E-state index is 5.80. The van der Waals surface area contributed by atoms with Gasteiger partial charge in [0, 0.05) is 11.5 Å². The van der Waals surface area contributed by atoms with Gasteiger partial charge in [-0.15, -0.1) is 0 Å². The van der Waals surface area contributed by atoms with Crippen LogP contribution in [0.3, 0.4) is 0 Å². The van der Waals surface area contributed by atoms with Crippen molar-refractivity contribution in [2.75, 3.05) is 7.11 Å². The second-order valence-corrected chi connectivity index (χ2v) is 4.88. The summed E-state index contributed by atoms with van der Waals surface area (Å²) in [6, 6.07) is 7.39. The quantitative estimate of drug-likeness (QED) is 0.572. The van der Waals surface area contributed by atoms with Crippen LogP contribution in [0.4, 0.5) is 0 Å². The predicted molar refractivity (Wildman–Crippen MR) is 80.2 cm³/mol. The SMILES string of the molecule is CON=C(c1ncn[nH]1)c1ccccc1Oc1nc(C)ns1. The van der Waals surface area contributed by atoms with Gasteiger partial charge in [-0.3, -0.25) is 5.10 Å². The summed E-state index contributed by atoms with van der Waals surface area (Å²) in [5.74, 6) is 1.72. The Morgan fingerprint density at radius 1 is 1.32 bits per heavy atom. The fourth-order valence-electron chi connectivity index (χ4n) is 1.80. The normalized spacial score (nSPS) is 11.5. The second-order valence-electron chi connectivity index (χ2n) is 4.16. The Labute approximate surface area is 130 Å². The van der Waals surface area contributed by atoms with E-state index < -0.39 is 0 Å². The van der Waals surface area contributed by atoms with Crippen LogP contribution in [0, 0.1) is 6.92 Å². The van der Waals surface area contributed by atoms with Gasteiger partial charge < -0.3 is 9.57 Å². The van der Waals surface area contributed by atoms with Crippen molar-refractivity contribution < 1.29 is 9.57 Å². The zero-order valence-corrected chi connectivity index (χ0v) is 12.7. The number of oxime groups is 1. The Kier molecular flexibility index (Phi) is 4.05. The van der Waals surface area contributed by atoms with E-state index in [4.69, 9.17) is 9.57 Å². The molecule has 22 heavy (non-hydrogen) atoms. The lowest BCUT2D eigenvalue weighted by molar-refractivity contribution is 0.213. The monoisotopic (exact) mass is 316 g/mol. The molecule has 0 aliphatic carbocycles. The molecule has 2 aromatic heterocycles. The number of aryl methyl sites for hydroxylation is 1. The van der Waals surface area contributed by atoms with Gasteiger partial charge in [0.25, 0.3) is 5.19 Å². The number of hydrogen-bond acceptors (Lipinski definition) is 8. The van der Waals surface area contributed by atoms with Crippen molar-refractivity contribution in [1.29, 1.82) is 0 Å². The summed E-state index contributed by atoms with van der Waals surface area (Å²) in [6.45, 7) is 1.81. The second kappa shape index (κ2) is 6.31. The van der Waals surface area contributed by atoms with E-state index >= 15 is 0 Å². The van der Waals surface area contributed by atoms with Crippen molar-refractivity contribution in [2.45, 2.75) is 6.92 Å². The molecule has 3 aromatic rings. The van der Waals surface area contributed by atoms with Crippen LogP contribution >= 0.6 is 11.5 Å². The first-order valence-corrected chi connectivity index (χ1v) is 7.09. The summed E-state index contributed by atoms with van der Waals surface area (Å²) in [4.78, 5) is 13.2. The van der Waals surface area contributed by atoms with Gasteiger partial charge in [0.05, 0.1) is 5.56 Å². The molecule has 0 saturated carbocycles. The maximum atomic E-state index is 5.80. The van der Waals surface area contributed by atoms with Gasteiger partial charge in [-0.05, 0) is 19.1 Å². The van der Waals surface area contributed by atoms with Gasteiger partial charge in [0.2, 0.25) is 0 Å². The van der Waals surface area contributed by atoms with Crippen molar-refractivity contribution in [3.8, 4) is 10.9 Å². The highest BCUT2D eigenvalue weighted by molar-refractivity contribution is 7.07. The molecule has 0 amide bonds. The van der Waals surface area contributed by atoms with Crippen molar-refractivity contribution in [3.05, 3.63) is 47.8 Å². The van der Waals surface area contributed by atoms with Crippen LogP contribution in [0.5, 0.6) is 10.9 Å². The maximum Gasteiger partial charge on any atom is 0.298 e. The number of rotatable bonds is 5. The first kappa shape index (κ1) is 14.1. The highest BCUT2D eigenvalue weighted by Crippen LogP contribution is 2.28. The number of hydrogen-bond donors (Lipinski definition) is 1. The number of ether oxygens (including phenoxy) is 1. The Morgan fingerprint density at radius 3 is 2.86 bits per heavy atom. The van der Waals surface area contributed by atoms with Crippen LogP contribution < -0.4 is 4.74 Å². The summed E-state index contributed by atoms with van der Waals surface area (Å²) < 4.78 is 9.90. The van der Waals surface area contributed by atoms with Crippen molar-refractivity contribution in [3.63, 3.8) is 0 Å². The standard InChI is InChI=1S/C13H12N6O2S/c1-8-16-13(22-19-8)21-10-6-4-3-5-9(10)11(18-20-2)12-14-7-15-17-12/h3-7H,1-2H3,(H,14,15,17). The molecule has 0 atom stereocenters. The Balaban J connectivity index is 2.01. The number of H-pyrrole nitrogens is 1. The number of nitrogens with zero attached hydrogens (tertiary/aromatic N) is 5. The molecule has 0 spiro atoms. The lowest BCUT2D eigenvalue weighted by Gasteiger charge is -2.09. The molecule has 0 bridgehead atoms. The summed E-state index contributed by atoms with van der Waals surface area (Å²) in [7, 11) is 1.47. The van der Waals surface area contributed by atoms with Crippen LogP contribution in [0.1, 0.15) is 17.2 Å². The molecule has 8 nitrogen and oxygen atoms in total. The van der Waals surface area contributed by atoms with Gasteiger partial charge in [0.1, 0.15) is 25.0 Å². The molecule has 1 N–H and O–H groups in total. The molecule has 3 rings (SSSR count). The number of benzene rings is 1. The molecule has 2 heterocycles. The zero-order chi connectivity index (χ0) is 15.4. The molecule has 9 heteroatoms. The van der Waals surface area contributed by atoms with Crippen molar-refractivity contribution >= 4 is 17.2 Å². The molecule has 112 valence electrons. The molecule has 0 radical (unpaired) electrons. The highest BCUT2D eigenvalue weighted by atomic mass is 32.1. The van der Waals surface area contributed by atoms with E-state index in [0.717, 1.165) is 0 Å². The molecule has 0 unspecified atom stereocenters. The Bertz CT molecular complexity index is 783. The first-order chi connectivity index (χ1) is 10.8. The Morgan fingerprint density at radius 2 is 2.18 bits per heavy atom. The van der Waals surface area contributed by atoms with Gasteiger partial charge in [-0.25, -0.2) is 4.98 Å². The van der Waals surface area contributed by atoms with E-state index in [0.29, 0.717) is 33.9 Å². The minimum atomic E-state index is 0.458. The van der Waals surface area contributed by atoms with E-state index in [1.807, 2.05) is 31.2 Å². The van der Waals surface area contributed by atoms with Crippen LogP contribution in [0.2, 0.25) is 0 Å². The smallest absolute Gasteiger partial charge is 0.298 e. The Hall–Kier alpha value is -2.81. The van der Waals surface area contributed by atoms with Crippen LogP contribution in [-0.4, -0.2) is 37.4 Å². The fraction of sp³-hybridized carbons (Fsp3) is 0.154. The third-order valence-electron chi connectivity index (χ3n) is 2.67. The van der Waals surface area contributed by atoms with Gasteiger partial charge in [0.15, 0.2) is 11.5 Å². The summed E-state index contributed by atoms with van der Waals surface area (Å²) in [5, 5.41) is 11.1. The molecule has 0 fully saturated rings. The average Bonchev–Trinajstić information content (AvgIpc) is 3.18. The number of nitrogens with one attached hydrogen (secondary N) is 1. The summed E-state index contributed by atoms with van der Waals surface area (Å²) in [5.41, 5.74) is 1.19. The average molecular weight is 316 g/mol. The molecular formula is C13H12N6O2S. The van der Waals surface area contributed by atoms with Crippen LogP contribution in [-0.2, 0) is 4.84 Å². The van der Waals surface area contributed by atoms with Crippen molar-refractivity contribution in [2.24, 2.45) is 5.16 Å². The summed E-state index contributed by atoms with van der Waals surface area (Å²) in [6.07, 6.45) is 1.40.